The van der Waals surface area contributed by atoms with Crippen molar-refractivity contribution in [2.45, 2.75) is 20.8 Å². The topological polar surface area (TPSA) is 73.2 Å². The molecule has 6 heteroatoms. The van der Waals surface area contributed by atoms with Crippen LogP contribution in [0.3, 0.4) is 0 Å². The van der Waals surface area contributed by atoms with Crippen LogP contribution in [-0.2, 0) is 14.3 Å². The molecule has 0 atom stereocenters. The van der Waals surface area contributed by atoms with E-state index in [1.54, 1.807) is 10.8 Å². The minimum absolute atomic E-state index is 0.369. The van der Waals surface area contributed by atoms with Crippen molar-refractivity contribution in [3.8, 4) is 5.69 Å². The maximum absolute atomic E-state index is 12.2. The molecule has 1 heterocycles. The number of carbonyl (C=O) groups excluding carboxylic acids is 2. The smallest absolute Gasteiger partial charge is 0.331 e. The molecule has 29 heavy (non-hydrogen) atoms. The molecule has 2 aromatic carbocycles. The lowest BCUT2D eigenvalue weighted by Crippen LogP contribution is -2.20. The summed E-state index contributed by atoms with van der Waals surface area (Å²) in [4.78, 5) is 24.1. The Morgan fingerprint density at radius 3 is 2.55 bits per heavy atom. The van der Waals surface area contributed by atoms with Crippen molar-refractivity contribution in [2.24, 2.45) is 0 Å². The van der Waals surface area contributed by atoms with Crippen LogP contribution in [0, 0.1) is 20.8 Å². The molecule has 0 aliphatic heterocycles. The number of rotatable bonds is 6. The van der Waals surface area contributed by atoms with Crippen molar-refractivity contribution in [1.29, 1.82) is 0 Å². The van der Waals surface area contributed by atoms with Crippen molar-refractivity contribution < 1.29 is 14.3 Å². The van der Waals surface area contributed by atoms with Crippen LogP contribution in [0.15, 0.2) is 60.7 Å². The Kier molecular flexibility index (Phi) is 6.24. The number of nitrogens with one attached hydrogen (secondary N) is 1. The molecule has 1 amide bonds. The Balaban J connectivity index is 1.58. The first-order valence-electron chi connectivity index (χ1n) is 9.27. The number of hydrogen-bond donors (Lipinski definition) is 1. The van der Waals surface area contributed by atoms with Crippen molar-refractivity contribution in [1.82, 2.24) is 9.78 Å². The molecular weight excluding hydrogens is 366 g/mol. The zero-order chi connectivity index (χ0) is 20.8. The van der Waals surface area contributed by atoms with E-state index in [2.05, 4.69) is 10.4 Å². The Labute approximate surface area is 169 Å². The molecule has 0 radical (unpaired) electrons. The largest absolute Gasteiger partial charge is 0.452 e. The summed E-state index contributed by atoms with van der Waals surface area (Å²) in [5.74, 6) is -0.990. The molecule has 0 fully saturated rings. The SMILES string of the molecule is Cc1cccc(/C=C/C(=O)OCC(=O)Nc2c(C)nn(-c3ccccc3)c2C)c1. The minimum atomic E-state index is -0.574. The Hall–Kier alpha value is -3.67. The fourth-order valence-corrected chi connectivity index (χ4v) is 2.94. The molecule has 0 spiro atoms. The van der Waals surface area contributed by atoms with E-state index in [-0.39, 0.29) is 6.61 Å². The quantitative estimate of drug-likeness (QED) is 0.511. The molecule has 1 aromatic heterocycles. The molecule has 0 unspecified atom stereocenters. The number of esters is 1. The Morgan fingerprint density at radius 2 is 1.83 bits per heavy atom. The van der Waals surface area contributed by atoms with Gasteiger partial charge in [0, 0.05) is 6.08 Å². The summed E-state index contributed by atoms with van der Waals surface area (Å²) >= 11 is 0. The lowest BCUT2D eigenvalue weighted by atomic mass is 10.1. The molecule has 6 nitrogen and oxygen atoms in total. The Morgan fingerprint density at radius 1 is 1.07 bits per heavy atom. The van der Waals surface area contributed by atoms with Crippen LogP contribution in [0.1, 0.15) is 22.5 Å². The number of amides is 1. The normalized spacial score (nSPS) is 10.9. The second-order valence-corrected chi connectivity index (χ2v) is 6.70. The van der Waals surface area contributed by atoms with Gasteiger partial charge in [0.25, 0.3) is 5.91 Å². The van der Waals surface area contributed by atoms with Crippen LogP contribution >= 0.6 is 0 Å². The lowest BCUT2D eigenvalue weighted by Gasteiger charge is -2.07. The standard InChI is InChI=1S/C23H23N3O3/c1-16-8-7-9-19(14-16)12-13-22(28)29-15-21(27)24-23-17(2)25-26(18(23)3)20-10-5-4-6-11-20/h4-14H,15H2,1-3H3,(H,24,27)/b13-12+. The summed E-state index contributed by atoms with van der Waals surface area (Å²) in [5, 5.41) is 7.26. The van der Waals surface area contributed by atoms with E-state index in [4.69, 9.17) is 4.74 Å². The van der Waals surface area contributed by atoms with Gasteiger partial charge in [-0.2, -0.15) is 5.10 Å². The van der Waals surface area contributed by atoms with Gasteiger partial charge >= 0.3 is 5.97 Å². The monoisotopic (exact) mass is 389 g/mol. The van der Waals surface area contributed by atoms with E-state index in [9.17, 15) is 9.59 Å². The molecule has 0 aliphatic carbocycles. The van der Waals surface area contributed by atoms with Gasteiger partial charge in [-0.05, 0) is 44.5 Å². The molecule has 0 bridgehead atoms. The van der Waals surface area contributed by atoms with Gasteiger partial charge < -0.3 is 10.1 Å². The van der Waals surface area contributed by atoms with E-state index >= 15 is 0 Å². The summed E-state index contributed by atoms with van der Waals surface area (Å²) < 4.78 is 6.80. The minimum Gasteiger partial charge on any atom is -0.452 e. The number of nitrogens with zero attached hydrogens (tertiary/aromatic N) is 2. The van der Waals surface area contributed by atoms with Crippen molar-refractivity contribution in [2.75, 3.05) is 11.9 Å². The van der Waals surface area contributed by atoms with Gasteiger partial charge in [0.1, 0.15) is 0 Å². The fourth-order valence-electron chi connectivity index (χ4n) is 2.94. The maximum atomic E-state index is 12.2. The van der Waals surface area contributed by atoms with E-state index in [1.807, 2.05) is 75.4 Å². The number of aryl methyl sites for hydroxylation is 2. The van der Waals surface area contributed by atoms with Crippen LogP contribution in [0.2, 0.25) is 0 Å². The number of hydrogen-bond acceptors (Lipinski definition) is 4. The highest BCUT2D eigenvalue weighted by Gasteiger charge is 2.15. The van der Waals surface area contributed by atoms with Gasteiger partial charge in [0.05, 0.1) is 22.8 Å². The second kappa shape index (κ2) is 9.01. The molecule has 3 aromatic rings. The van der Waals surface area contributed by atoms with Crippen molar-refractivity contribution >= 4 is 23.6 Å². The molecule has 3 rings (SSSR count). The molecule has 1 N–H and O–H groups in total. The molecular formula is C23H23N3O3. The second-order valence-electron chi connectivity index (χ2n) is 6.70. The number of ether oxygens (including phenoxy) is 1. The highest BCUT2D eigenvalue weighted by atomic mass is 16.5. The summed E-state index contributed by atoms with van der Waals surface area (Å²) in [5.41, 5.74) is 5.00. The van der Waals surface area contributed by atoms with Gasteiger partial charge in [-0.3, -0.25) is 4.79 Å². The summed E-state index contributed by atoms with van der Waals surface area (Å²) in [6, 6.07) is 17.4. The number of benzene rings is 2. The number of para-hydroxylation sites is 1. The van der Waals surface area contributed by atoms with E-state index in [1.165, 1.54) is 6.08 Å². The third kappa shape index (κ3) is 5.19. The van der Waals surface area contributed by atoms with E-state index < -0.39 is 11.9 Å². The van der Waals surface area contributed by atoms with E-state index in [0.717, 1.165) is 22.5 Å². The summed E-state index contributed by atoms with van der Waals surface area (Å²) in [7, 11) is 0. The number of aromatic nitrogens is 2. The first-order chi connectivity index (χ1) is 13.9. The first-order valence-corrected chi connectivity index (χ1v) is 9.27. The van der Waals surface area contributed by atoms with Crippen molar-refractivity contribution in [3.05, 3.63) is 83.2 Å². The van der Waals surface area contributed by atoms with Crippen LogP contribution in [0.25, 0.3) is 11.8 Å². The molecule has 148 valence electrons. The number of carbonyl (C=O) groups is 2. The fraction of sp³-hybridized carbons (Fsp3) is 0.174. The average molecular weight is 389 g/mol. The molecule has 0 saturated carbocycles. The van der Waals surface area contributed by atoms with Crippen LogP contribution in [0.4, 0.5) is 5.69 Å². The third-order valence-corrected chi connectivity index (χ3v) is 4.36. The zero-order valence-corrected chi connectivity index (χ0v) is 16.7. The van der Waals surface area contributed by atoms with E-state index in [0.29, 0.717) is 11.4 Å². The van der Waals surface area contributed by atoms with Crippen LogP contribution in [-0.4, -0.2) is 28.3 Å². The highest BCUT2D eigenvalue weighted by molar-refractivity contribution is 5.95. The van der Waals surface area contributed by atoms with Gasteiger partial charge in [0.2, 0.25) is 0 Å². The summed E-state index contributed by atoms with van der Waals surface area (Å²) in [6.45, 7) is 5.30. The zero-order valence-electron chi connectivity index (χ0n) is 16.7. The van der Waals surface area contributed by atoms with Crippen molar-refractivity contribution in [3.63, 3.8) is 0 Å². The van der Waals surface area contributed by atoms with Gasteiger partial charge in [0.15, 0.2) is 6.61 Å². The first kappa shape index (κ1) is 20.1. The van der Waals surface area contributed by atoms with Gasteiger partial charge in [-0.1, -0.05) is 48.0 Å². The van der Waals surface area contributed by atoms with Crippen LogP contribution in [0.5, 0.6) is 0 Å². The number of anilines is 1. The maximum Gasteiger partial charge on any atom is 0.331 e. The summed E-state index contributed by atoms with van der Waals surface area (Å²) in [6.07, 6.45) is 2.97. The van der Waals surface area contributed by atoms with Gasteiger partial charge in [-0.25, -0.2) is 9.48 Å². The molecule has 0 aliphatic rings. The lowest BCUT2D eigenvalue weighted by molar-refractivity contribution is -0.142. The Bertz CT molecular complexity index is 1050. The third-order valence-electron chi connectivity index (χ3n) is 4.36. The predicted octanol–water partition coefficient (Wildman–Crippen LogP) is 3.99. The highest BCUT2D eigenvalue weighted by Crippen LogP contribution is 2.22. The molecule has 0 saturated heterocycles. The van der Waals surface area contributed by atoms with Gasteiger partial charge in [-0.15, -0.1) is 0 Å². The predicted molar refractivity (Wildman–Crippen MR) is 113 cm³/mol. The van der Waals surface area contributed by atoms with Crippen LogP contribution < -0.4 is 5.32 Å². The average Bonchev–Trinajstić information content (AvgIpc) is 2.99.